The maximum Gasteiger partial charge on any atom is 0.165 e. The summed E-state index contributed by atoms with van der Waals surface area (Å²) in [6.07, 6.45) is 3.60. The van der Waals surface area contributed by atoms with Crippen molar-refractivity contribution < 1.29 is 9.13 Å². The second kappa shape index (κ2) is 7.04. The lowest BCUT2D eigenvalue weighted by Crippen LogP contribution is -2.42. The first kappa shape index (κ1) is 15.3. The summed E-state index contributed by atoms with van der Waals surface area (Å²) in [5, 5.41) is 0. The number of likely N-dealkylation sites (N-methyl/N-ethyl adjacent to an activating group) is 1. The topological polar surface area (TPSA) is 38.5 Å². The summed E-state index contributed by atoms with van der Waals surface area (Å²) in [7, 11) is 2.14. The van der Waals surface area contributed by atoms with Gasteiger partial charge in [0.05, 0.1) is 6.61 Å². The monoisotopic (exact) mass is 280 g/mol. The third-order valence-electron chi connectivity index (χ3n) is 4.23. The summed E-state index contributed by atoms with van der Waals surface area (Å²) in [5.74, 6) is 0.218. The van der Waals surface area contributed by atoms with Gasteiger partial charge in [0.25, 0.3) is 0 Å². The third kappa shape index (κ3) is 3.30. The fourth-order valence-electron chi connectivity index (χ4n) is 3.14. The molecule has 20 heavy (non-hydrogen) atoms. The molecule has 1 aliphatic heterocycles. The number of likely N-dealkylation sites (tertiary alicyclic amines) is 1. The molecule has 2 atom stereocenters. The zero-order valence-electron chi connectivity index (χ0n) is 12.4. The molecule has 1 heterocycles. The van der Waals surface area contributed by atoms with Gasteiger partial charge >= 0.3 is 0 Å². The summed E-state index contributed by atoms with van der Waals surface area (Å²) in [5.41, 5.74) is 6.94. The Kier molecular flexibility index (Phi) is 5.38. The Morgan fingerprint density at radius 2 is 2.25 bits per heavy atom. The minimum atomic E-state index is -0.290. The number of halogens is 1. The molecular formula is C16H25FN2O. The standard InChI is InChI=1S/C16H25FN2O/c1-3-20-16-8-7-12(10-14(16)17)13(11-18)15-6-4-5-9-19(15)2/h7-8,10,13,15H,3-6,9,11,18H2,1-2H3. The van der Waals surface area contributed by atoms with Gasteiger partial charge in [-0.25, -0.2) is 4.39 Å². The van der Waals surface area contributed by atoms with E-state index in [1.807, 2.05) is 13.0 Å². The molecule has 2 N–H and O–H groups in total. The molecule has 0 aromatic heterocycles. The molecule has 1 aromatic carbocycles. The van der Waals surface area contributed by atoms with E-state index >= 15 is 0 Å². The van der Waals surface area contributed by atoms with E-state index in [4.69, 9.17) is 10.5 Å². The predicted molar refractivity (Wildman–Crippen MR) is 79.6 cm³/mol. The Morgan fingerprint density at radius 3 is 2.85 bits per heavy atom. The molecule has 0 bridgehead atoms. The Morgan fingerprint density at radius 1 is 1.45 bits per heavy atom. The van der Waals surface area contributed by atoms with Crippen molar-refractivity contribution in [2.75, 3.05) is 26.7 Å². The largest absolute Gasteiger partial charge is 0.491 e. The highest BCUT2D eigenvalue weighted by molar-refractivity contribution is 5.32. The molecule has 112 valence electrons. The molecule has 4 heteroatoms. The van der Waals surface area contributed by atoms with Gasteiger partial charge in [-0.15, -0.1) is 0 Å². The van der Waals surface area contributed by atoms with Crippen molar-refractivity contribution in [2.45, 2.75) is 38.1 Å². The van der Waals surface area contributed by atoms with Crippen LogP contribution in [0.2, 0.25) is 0 Å². The number of hydrogen-bond acceptors (Lipinski definition) is 3. The molecule has 2 unspecified atom stereocenters. The van der Waals surface area contributed by atoms with E-state index in [-0.39, 0.29) is 11.7 Å². The van der Waals surface area contributed by atoms with Crippen molar-refractivity contribution >= 4 is 0 Å². The van der Waals surface area contributed by atoms with Crippen LogP contribution in [-0.4, -0.2) is 37.7 Å². The van der Waals surface area contributed by atoms with Crippen LogP contribution < -0.4 is 10.5 Å². The molecule has 0 spiro atoms. The van der Waals surface area contributed by atoms with E-state index in [1.165, 1.54) is 12.8 Å². The molecule has 0 aliphatic carbocycles. The van der Waals surface area contributed by atoms with E-state index in [0.29, 0.717) is 24.9 Å². The Labute approximate surface area is 120 Å². The van der Waals surface area contributed by atoms with Gasteiger partial charge in [-0.05, 0) is 51.1 Å². The first-order chi connectivity index (χ1) is 9.67. The second-order valence-corrected chi connectivity index (χ2v) is 5.51. The average molecular weight is 280 g/mol. The van der Waals surface area contributed by atoms with Gasteiger partial charge < -0.3 is 15.4 Å². The van der Waals surface area contributed by atoms with Crippen LogP contribution in [0.5, 0.6) is 5.75 Å². The predicted octanol–water partition coefficient (Wildman–Crippen LogP) is 2.75. The summed E-state index contributed by atoms with van der Waals surface area (Å²) in [6, 6.07) is 5.67. The maximum atomic E-state index is 14.0. The molecule has 1 fully saturated rings. The number of rotatable bonds is 5. The number of nitrogens with zero attached hydrogens (tertiary/aromatic N) is 1. The van der Waals surface area contributed by atoms with Crippen molar-refractivity contribution in [3.8, 4) is 5.75 Å². The molecular weight excluding hydrogens is 255 g/mol. The van der Waals surface area contributed by atoms with Gasteiger partial charge in [-0.3, -0.25) is 0 Å². The molecule has 1 aliphatic rings. The van der Waals surface area contributed by atoms with Gasteiger partial charge in [0.15, 0.2) is 11.6 Å². The van der Waals surface area contributed by atoms with Gasteiger partial charge in [-0.1, -0.05) is 12.5 Å². The molecule has 1 aromatic rings. The van der Waals surface area contributed by atoms with Crippen LogP contribution in [0.1, 0.15) is 37.7 Å². The molecule has 3 nitrogen and oxygen atoms in total. The van der Waals surface area contributed by atoms with E-state index in [9.17, 15) is 4.39 Å². The molecule has 0 amide bonds. The van der Waals surface area contributed by atoms with Crippen molar-refractivity contribution in [1.82, 2.24) is 4.90 Å². The molecule has 0 saturated carbocycles. The van der Waals surface area contributed by atoms with E-state index < -0.39 is 0 Å². The highest BCUT2D eigenvalue weighted by atomic mass is 19.1. The maximum absolute atomic E-state index is 14.0. The normalized spacial score (nSPS) is 21.7. The first-order valence-corrected chi connectivity index (χ1v) is 7.50. The van der Waals surface area contributed by atoms with Crippen molar-refractivity contribution in [3.63, 3.8) is 0 Å². The summed E-state index contributed by atoms with van der Waals surface area (Å²) in [6.45, 7) is 3.97. The third-order valence-corrected chi connectivity index (χ3v) is 4.23. The minimum absolute atomic E-state index is 0.186. The lowest BCUT2D eigenvalue weighted by Gasteiger charge is -2.38. The lowest BCUT2D eigenvalue weighted by molar-refractivity contribution is 0.160. The highest BCUT2D eigenvalue weighted by Gasteiger charge is 2.28. The second-order valence-electron chi connectivity index (χ2n) is 5.51. The Balaban J connectivity index is 2.20. The zero-order chi connectivity index (χ0) is 14.5. The number of piperidine rings is 1. The van der Waals surface area contributed by atoms with Crippen molar-refractivity contribution in [2.24, 2.45) is 5.73 Å². The van der Waals surface area contributed by atoms with Crippen LogP contribution in [0.15, 0.2) is 18.2 Å². The fourth-order valence-corrected chi connectivity index (χ4v) is 3.14. The van der Waals surface area contributed by atoms with Crippen LogP contribution in [0.4, 0.5) is 4.39 Å². The van der Waals surface area contributed by atoms with Crippen molar-refractivity contribution in [1.29, 1.82) is 0 Å². The Bertz CT molecular complexity index is 438. The van der Waals surface area contributed by atoms with Crippen LogP contribution in [-0.2, 0) is 0 Å². The summed E-state index contributed by atoms with van der Waals surface area (Å²) < 4.78 is 19.3. The van der Waals surface area contributed by atoms with Crippen LogP contribution in [0, 0.1) is 5.82 Å². The lowest BCUT2D eigenvalue weighted by atomic mass is 9.85. The number of ether oxygens (including phenoxy) is 1. The minimum Gasteiger partial charge on any atom is -0.491 e. The SMILES string of the molecule is CCOc1ccc(C(CN)C2CCCCN2C)cc1F. The average Bonchev–Trinajstić information content (AvgIpc) is 2.45. The quantitative estimate of drug-likeness (QED) is 0.901. The van der Waals surface area contributed by atoms with E-state index in [0.717, 1.165) is 18.5 Å². The van der Waals surface area contributed by atoms with Crippen LogP contribution in [0.25, 0.3) is 0 Å². The Hall–Kier alpha value is -1.13. The van der Waals surface area contributed by atoms with Gasteiger partial charge in [0, 0.05) is 18.5 Å². The fraction of sp³-hybridized carbons (Fsp3) is 0.625. The zero-order valence-corrected chi connectivity index (χ0v) is 12.4. The molecule has 0 radical (unpaired) electrons. The number of nitrogens with two attached hydrogens (primary N) is 1. The molecule has 1 saturated heterocycles. The van der Waals surface area contributed by atoms with E-state index in [1.54, 1.807) is 12.1 Å². The van der Waals surface area contributed by atoms with Gasteiger partial charge in [0.1, 0.15) is 0 Å². The smallest absolute Gasteiger partial charge is 0.165 e. The van der Waals surface area contributed by atoms with Crippen molar-refractivity contribution in [3.05, 3.63) is 29.6 Å². The van der Waals surface area contributed by atoms with Gasteiger partial charge in [0.2, 0.25) is 0 Å². The van der Waals surface area contributed by atoms with Crippen LogP contribution >= 0.6 is 0 Å². The number of hydrogen-bond donors (Lipinski definition) is 1. The molecule has 2 rings (SSSR count). The van der Waals surface area contributed by atoms with E-state index in [2.05, 4.69) is 11.9 Å². The van der Waals surface area contributed by atoms with Crippen LogP contribution in [0.3, 0.4) is 0 Å². The highest BCUT2D eigenvalue weighted by Crippen LogP contribution is 2.31. The summed E-state index contributed by atoms with van der Waals surface area (Å²) >= 11 is 0. The number of benzene rings is 1. The summed E-state index contributed by atoms with van der Waals surface area (Å²) in [4.78, 5) is 2.36. The first-order valence-electron chi connectivity index (χ1n) is 7.50. The van der Waals surface area contributed by atoms with Gasteiger partial charge in [-0.2, -0.15) is 0 Å².